The molecule has 3 aliphatic rings. The lowest BCUT2D eigenvalue weighted by molar-refractivity contribution is -0.134. The summed E-state index contributed by atoms with van der Waals surface area (Å²) in [5.74, 6) is -2.01. The van der Waals surface area contributed by atoms with Gasteiger partial charge in [0.25, 0.3) is 0 Å². The molecule has 1 aliphatic heterocycles. The number of hydrogen-bond acceptors (Lipinski definition) is 4. The number of carbonyl (C=O) groups excluding carboxylic acids is 2. The van der Waals surface area contributed by atoms with E-state index in [1.54, 1.807) is 0 Å². The van der Waals surface area contributed by atoms with Gasteiger partial charge in [0.2, 0.25) is 11.8 Å². The normalized spacial score (nSPS) is 32.8. The van der Waals surface area contributed by atoms with E-state index in [4.69, 9.17) is 10.2 Å². The summed E-state index contributed by atoms with van der Waals surface area (Å²) in [5, 5.41) is 18.0. The van der Waals surface area contributed by atoms with Crippen molar-refractivity contribution in [2.45, 2.75) is 6.42 Å². The zero-order valence-electron chi connectivity index (χ0n) is 10.4. The number of allylic oxidation sites excluding steroid dienone is 2. The first kappa shape index (κ1) is 14.0. The quantitative estimate of drug-likeness (QED) is 0.365. The van der Waals surface area contributed by atoms with E-state index < -0.39 is 11.9 Å². The molecule has 0 aromatic carbocycles. The van der Waals surface area contributed by atoms with E-state index in [0.29, 0.717) is 24.0 Å². The molecule has 0 spiro atoms. The Hall–Kier alpha value is -2.44. The number of carboxylic acids is 2. The van der Waals surface area contributed by atoms with Crippen LogP contribution in [0.25, 0.3) is 0 Å². The van der Waals surface area contributed by atoms with Gasteiger partial charge in [-0.1, -0.05) is 12.2 Å². The van der Waals surface area contributed by atoms with Crippen molar-refractivity contribution in [3.63, 3.8) is 0 Å². The number of carboxylic acid groups (broad SMARTS) is 2. The number of carbonyl (C=O) groups is 4. The molecule has 4 unspecified atom stereocenters. The molecule has 1 saturated carbocycles. The minimum atomic E-state index is -1.26. The number of rotatable bonds is 2. The lowest BCUT2D eigenvalue weighted by Gasteiger charge is -2.14. The Balaban J connectivity index is 0.000000163. The van der Waals surface area contributed by atoms with Crippen molar-refractivity contribution in [2.75, 3.05) is 0 Å². The minimum Gasteiger partial charge on any atom is -0.478 e. The maximum absolute atomic E-state index is 11.3. The van der Waals surface area contributed by atoms with Crippen LogP contribution in [0.3, 0.4) is 0 Å². The molecule has 0 radical (unpaired) electrons. The Morgan fingerprint density at radius 1 is 1.00 bits per heavy atom. The zero-order chi connectivity index (χ0) is 14.9. The third kappa shape index (κ3) is 2.61. The van der Waals surface area contributed by atoms with Crippen molar-refractivity contribution >= 4 is 23.8 Å². The van der Waals surface area contributed by atoms with Crippen molar-refractivity contribution < 1.29 is 29.4 Å². The Bertz CT molecular complexity index is 491. The third-order valence-electron chi connectivity index (χ3n) is 3.68. The van der Waals surface area contributed by atoms with E-state index in [0.717, 1.165) is 6.42 Å². The van der Waals surface area contributed by atoms with Gasteiger partial charge in [0.15, 0.2) is 0 Å². The van der Waals surface area contributed by atoms with Crippen LogP contribution in [0.2, 0.25) is 0 Å². The maximum atomic E-state index is 11.3. The molecular formula is C13H13NO6. The van der Waals surface area contributed by atoms with Crippen LogP contribution in [0.5, 0.6) is 0 Å². The Labute approximate surface area is 114 Å². The molecule has 0 aromatic rings. The molecule has 3 rings (SSSR count). The number of aliphatic carboxylic acids is 2. The van der Waals surface area contributed by atoms with Gasteiger partial charge in [-0.15, -0.1) is 0 Å². The van der Waals surface area contributed by atoms with Crippen LogP contribution in [0, 0.1) is 23.7 Å². The van der Waals surface area contributed by atoms with Crippen LogP contribution in [-0.4, -0.2) is 34.0 Å². The van der Waals surface area contributed by atoms with E-state index in [9.17, 15) is 19.2 Å². The Morgan fingerprint density at radius 2 is 1.40 bits per heavy atom. The zero-order valence-corrected chi connectivity index (χ0v) is 10.4. The largest absolute Gasteiger partial charge is 0.478 e. The molecule has 2 aliphatic carbocycles. The highest BCUT2D eigenvalue weighted by atomic mass is 16.4. The number of fused-ring (bicyclic) bond motifs is 5. The van der Waals surface area contributed by atoms with Gasteiger partial charge in [0.1, 0.15) is 0 Å². The summed E-state index contributed by atoms with van der Waals surface area (Å²) < 4.78 is 0. The van der Waals surface area contributed by atoms with Crippen molar-refractivity contribution in [1.29, 1.82) is 0 Å². The molecule has 4 atom stereocenters. The summed E-state index contributed by atoms with van der Waals surface area (Å²) in [4.78, 5) is 41.7. The molecule has 2 bridgehead atoms. The van der Waals surface area contributed by atoms with Crippen molar-refractivity contribution in [1.82, 2.24) is 5.32 Å². The second-order valence-corrected chi connectivity index (χ2v) is 4.86. The lowest BCUT2D eigenvalue weighted by Crippen LogP contribution is -2.25. The Kier molecular flexibility index (Phi) is 3.69. The highest BCUT2D eigenvalue weighted by Crippen LogP contribution is 2.50. The Morgan fingerprint density at radius 3 is 1.75 bits per heavy atom. The minimum absolute atomic E-state index is 0.0347. The third-order valence-corrected chi connectivity index (χ3v) is 3.68. The SMILES string of the molecule is O=C(O)C=CC(=O)O.O=C1NC(=O)C2C3C=CC(C3)C12. The van der Waals surface area contributed by atoms with Crippen LogP contribution in [-0.2, 0) is 19.2 Å². The highest BCUT2D eigenvalue weighted by molar-refractivity contribution is 6.06. The molecule has 7 heteroatoms. The first-order valence-electron chi connectivity index (χ1n) is 6.07. The summed E-state index contributed by atoms with van der Waals surface area (Å²) in [6.45, 7) is 0. The van der Waals surface area contributed by atoms with Gasteiger partial charge in [-0.05, 0) is 18.3 Å². The predicted octanol–water partition coefficient (Wildman–Crippen LogP) is -0.207. The van der Waals surface area contributed by atoms with Gasteiger partial charge in [-0.3, -0.25) is 14.9 Å². The van der Waals surface area contributed by atoms with Crippen LogP contribution in [0.4, 0.5) is 0 Å². The predicted molar refractivity (Wildman–Crippen MR) is 65.3 cm³/mol. The van der Waals surface area contributed by atoms with E-state index in [2.05, 4.69) is 17.5 Å². The van der Waals surface area contributed by atoms with Gasteiger partial charge in [0, 0.05) is 12.2 Å². The second kappa shape index (κ2) is 5.28. The molecular weight excluding hydrogens is 266 g/mol. The average Bonchev–Trinajstić information content (AvgIpc) is 3.02. The molecule has 0 aromatic heterocycles. The van der Waals surface area contributed by atoms with E-state index in [1.165, 1.54) is 0 Å². The van der Waals surface area contributed by atoms with Crippen LogP contribution < -0.4 is 5.32 Å². The summed E-state index contributed by atoms with van der Waals surface area (Å²) in [6.07, 6.45) is 6.30. The maximum Gasteiger partial charge on any atom is 0.328 e. The van der Waals surface area contributed by atoms with E-state index >= 15 is 0 Å². The molecule has 20 heavy (non-hydrogen) atoms. The summed E-state index contributed by atoms with van der Waals surface area (Å²) in [6, 6.07) is 0. The topological polar surface area (TPSA) is 121 Å². The van der Waals surface area contributed by atoms with Gasteiger partial charge in [0.05, 0.1) is 11.8 Å². The number of hydrogen-bond donors (Lipinski definition) is 3. The van der Waals surface area contributed by atoms with Crippen molar-refractivity contribution in [3.8, 4) is 0 Å². The van der Waals surface area contributed by atoms with Crippen LogP contribution >= 0.6 is 0 Å². The summed E-state index contributed by atoms with van der Waals surface area (Å²) in [7, 11) is 0. The molecule has 2 amide bonds. The molecule has 7 nitrogen and oxygen atoms in total. The number of imide groups is 1. The average molecular weight is 279 g/mol. The first-order chi connectivity index (χ1) is 9.40. The molecule has 1 heterocycles. The van der Waals surface area contributed by atoms with Crippen molar-refractivity contribution in [2.24, 2.45) is 23.7 Å². The first-order valence-corrected chi connectivity index (χ1v) is 6.07. The van der Waals surface area contributed by atoms with Crippen molar-refractivity contribution in [3.05, 3.63) is 24.3 Å². The van der Waals surface area contributed by atoms with Gasteiger partial charge < -0.3 is 10.2 Å². The molecule has 3 N–H and O–H groups in total. The second-order valence-electron chi connectivity index (χ2n) is 4.86. The molecule has 106 valence electrons. The monoisotopic (exact) mass is 279 g/mol. The van der Waals surface area contributed by atoms with Crippen LogP contribution in [0.15, 0.2) is 24.3 Å². The van der Waals surface area contributed by atoms with E-state index in [-0.39, 0.29) is 23.7 Å². The smallest absolute Gasteiger partial charge is 0.328 e. The van der Waals surface area contributed by atoms with Gasteiger partial charge >= 0.3 is 11.9 Å². The number of nitrogens with one attached hydrogen (secondary N) is 1. The summed E-state index contributed by atoms with van der Waals surface area (Å²) >= 11 is 0. The van der Waals surface area contributed by atoms with Crippen LogP contribution in [0.1, 0.15) is 6.42 Å². The fourth-order valence-electron chi connectivity index (χ4n) is 2.97. The fourth-order valence-corrected chi connectivity index (χ4v) is 2.97. The van der Waals surface area contributed by atoms with Gasteiger partial charge in [-0.2, -0.15) is 0 Å². The van der Waals surface area contributed by atoms with Gasteiger partial charge in [-0.25, -0.2) is 9.59 Å². The highest BCUT2D eigenvalue weighted by Gasteiger charge is 2.55. The summed E-state index contributed by atoms with van der Waals surface area (Å²) in [5.41, 5.74) is 0. The molecule has 1 saturated heterocycles. The van der Waals surface area contributed by atoms with E-state index in [1.807, 2.05) is 0 Å². The lowest BCUT2D eigenvalue weighted by atomic mass is 9.85. The fraction of sp³-hybridized carbons (Fsp3) is 0.385. The number of amides is 2. The standard InChI is InChI=1S/C9H9NO2.C4H4O4/c11-8-6-4-1-2-5(3-4)7(6)9(12)10-8;5-3(6)1-2-4(7)8/h1-2,4-7H,3H2,(H,10,11,12);1-2H,(H,5,6)(H,7,8). The molecule has 2 fully saturated rings.